The Morgan fingerprint density at radius 3 is 2.58 bits per heavy atom. The first-order valence-electron chi connectivity index (χ1n) is 4.34. The summed E-state index contributed by atoms with van der Waals surface area (Å²) in [7, 11) is 0. The molecule has 0 aromatic heterocycles. The van der Waals surface area contributed by atoms with E-state index in [0.29, 0.717) is 18.9 Å². The molecule has 0 heterocycles. The molecule has 0 aliphatic carbocycles. The van der Waals surface area contributed by atoms with Gasteiger partial charge in [-0.3, -0.25) is 0 Å². The Balaban J connectivity index is 3.55. The third kappa shape index (κ3) is 6.21. The second-order valence-corrected chi connectivity index (χ2v) is 3.90. The van der Waals surface area contributed by atoms with Crippen LogP contribution in [-0.2, 0) is 0 Å². The molecular formula is C10H19NO. The van der Waals surface area contributed by atoms with E-state index in [0.717, 1.165) is 6.54 Å². The molecule has 12 heavy (non-hydrogen) atoms. The minimum atomic E-state index is -0.760. The van der Waals surface area contributed by atoms with Crippen molar-refractivity contribution in [3.63, 3.8) is 0 Å². The van der Waals surface area contributed by atoms with Gasteiger partial charge >= 0.3 is 0 Å². The lowest BCUT2D eigenvalue weighted by molar-refractivity contribution is 0.0646. The van der Waals surface area contributed by atoms with Crippen LogP contribution in [0.4, 0.5) is 0 Å². The van der Waals surface area contributed by atoms with Crippen LogP contribution in [0.25, 0.3) is 0 Å². The van der Waals surface area contributed by atoms with Gasteiger partial charge < -0.3 is 10.4 Å². The zero-order valence-corrected chi connectivity index (χ0v) is 8.22. The second kappa shape index (κ2) is 5.18. The van der Waals surface area contributed by atoms with Gasteiger partial charge in [0.05, 0.1) is 5.60 Å². The highest BCUT2D eigenvalue weighted by Crippen LogP contribution is 2.05. The highest BCUT2D eigenvalue weighted by molar-refractivity contribution is 4.93. The van der Waals surface area contributed by atoms with Crippen LogP contribution in [0.15, 0.2) is 0 Å². The number of nitrogens with one attached hydrogen (secondary N) is 1. The van der Waals surface area contributed by atoms with Crippen molar-refractivity contribution in [2.45, 2.75) is 32.8 Å². The maximum atomic E-state index is 9.62. The largest absolute Gasteiger partial charge is 0.388 e. The van der Waals surface area contributed by atoms with E-state index in [1.165, 1.54) is 0 Å². The van der Waals surface area contributed by atoms with Gasteiger partial charge in [0.15, 0.2) is 0 Å². The van der Waals surface area contributed by atoms with E-state index in [1.54, 1.807) is 6.92 Å². The molecule has 0 spiro atoms. The maximum absolute atomic E-state index is 9.62. The fraction of sp³-hybridized carbons (Fsp3) is 0.800. The van der Waals surface area contributed by atoms with Crippen LogP contribution >= 0.6 is 0 Å². The molecule has 0 bridgehead atoms. The van der Waals surface area contributed by atoms with Crippen LogP contribution < -0.4 is 5.32 Å². The first-order valence-corrected chi connectivity index (χ1v) is 4.34. The zero-order valence-electron chi connectivity index (χ0n) is 8.22. The Kier molecular flexibility index (Phi) is 4.96. The summed E-state index contributed by atoms with van der Waals surface area (Å²) in [6.45, 7) is 7.49. The predicted molar refractivity (Wildman–Crippen MR) is 51.8 cm³/mol. The van der Waals surface area contributed by atoms with Gasteiger partial charge in [-0.15, -0.1) is 12.3 Å². The van der Waals surface area contributed by atoms with Gasteiger partial charge in [0.2, 0.25) is 0 Å². The Labute approximate surface area is 75.4 Å². The Bertz CT molecular complexity index is 156. The Morgan fingerprint density at radius 1 is 1.58 bits per heavy atom. The third-order valence-electron chi connectivity index (χ3n) is 1.54. The van der Waals surface area contributed by atoms with Gasteiger partial charge in [0.25, 0.3) is 0 Å². The smallest absolute Gasteiger partial charge is 0.0852 e. The molecule has 0 fully saturated rings. The lowest BCUT2D eigenvalue weighted by atomic mass is 10.0. The van der Waals surface area contributed by atoms with Gasteiger partial charge in [0, 0.05) is 13.0 Å². The summed E-state index contributed by atoms with van der Waals surface area (Å²) in [5, 5.41) is 12.8. The molecule has 2 nitrogen and oxygen atoms in total. The summed E-state index contributed by atoms with van der Waals surface area (Å²) >= 11 is 0. The average molecular weight is 169 g/mol. The monoisotopic (exact) mass is 169 g/mol. The third-order valence-corrected chi connectivity index (χ3v) is 1.54. The van der Waals surface area contributed by atoms with Gasteiger partial charge in [0.1, 0.15) is 0 Å². The standard InChI is InChI=1S/C10H19NO/c1-5-6-10(4,12)8-11-7-9(2)3/h1,9,11-12H,6-8H2,2-4H3. The van der Waals surface area contributed by atoms with Crippen LogP contribution in [0, 0.1) is 18.3 Å². The number of rotatable bonds is 5. The van der Waals surface area contributed by atoms with Crippen molar-refractivity contribution in [1.29, 1.82) is 0 Å². The number of aliphatic hydroxyl groups is 1. The summed E-state index contributed by atoms with van der Waals surface area (Å²) < 4.78 is 0. The van der Waals surface area contributed by atoms with Crippen molar-refractivity contribution in [1.82, 2.24) is 5.32 Å². The van der Waals surface area contributed by atoms with Crippen LogP contribution in [0.3, 0.4) is 0 Å². The van der Waals surface area contributed by atoms with Gasteiger partial charge in [-0.05, 0) is 19.4 Å². The fourth-order valence-corrected chi connectivity index (χ4v) is 0.913. The predicted octanol–water partition coefficient (Wildman–Crippen LogP) is 1.01. The summed E-state index contributed by atoms with van der Waals surface area (Å²) in [4.78, 5) is 0. The molecule has 1 atom stereocenters. The Hall–Kier alpha value is -0.520. The van der Waals surface area contributed by atoms with Gasteiger partial charge in [-0.25, -0.2) is 0 Å². The zero-order chi connectivity index (χ0) is 9.61. The van der Waals surface area contributed by atoms with E-state index < -0.39 is 5.60 Å². The van der Waals surface area contributed by atoms with E-state index in [9.17, 15) is 5.11 Å². The van der Waals surface area contributed by atoms with Crippen molar-refractivity contribution < 1.29 is 5.11 Å². The number of hydrogen-bond acceptors (Lipinski definition) is 2. The molecule has 1 unspecified atom stereocenters. The summed E-state index contributed by atoms with van der Waals surface area (Å²) in [6.07, 6.45) is 5.51. The van der Waals surface area contributed by atoms with E-state index in [2.05, 4.69) is 25.1 Å². The molecule has 0 rings (SSSR count). The SMILES string of the molecule is C#CCC(C)(O)CNCC(C)C. The molecule has 70 valence electrons. The first kappa shape index (κ1) is 11.5. The molecular weight excluding hydrogens is 150 g/mol. The Morgan fingerprint density at radius 2 is 2.17 bits per heavy atom. The average Bonchev–Trinajstić information content (AvgIpc) is 1.85. The molecule has 0 radical (unpaired) electrons. The lowest BCUT2D eigenvalue weighted by Crippen LogP contribution is -2.38. The lowest BCUT2D eigenvalue weighted by Gasteiger charge is -2.21. The number of hydrogen-bond donors (Lipinski definition) is 2. The molecule has 0 amide bonds. The van der Waals surface area contributed by atoms with E-state index in [-0.39, 0.29) is 0 Å². The van der Waals surface area contributed by atoms with Crippen molar-refractivity contribution in [2.24, 2.45) is 5.92 Å². The summed E-state index contributed by atoms with van der Waals surface area (Å²) in [5.41, 5.74) is -0.760. The molecule has 2 N–H and O–H groups in total. The minimum absolute atomic E-state index is 0.401. The highest BCUT2D eigenvalue weighted by Gasteiger charge is 2.17. The molecule has 2 heteroatoms. The van der Waals surface area contributed by atoms with Crippen LogP contribution in [-0.4, -0.2) is 23.8 Å². The topological polar surface area (TPSA) is 32.3 Å². The molecule has 0 aromatic carbocycles. The van der Waals surface area contributed by atoms with E-state index >= 15 is 0 Å². The number of terminal acetylenes is 1. The normalized spacial score (nSPS) is 15.7. The molecule has 0 saturated heterocycles. The summed E-state index contributed by atoms with van der Waals surface area (Å²) in [6, 6.07) is 0. The second-order valence-electron chi connectivity index (χ2n) is 3.90. The van der Waals surface area contributed by atoms with Gasteiger partial charge in [-0.1, -0.05) is 13.8 Å². The minimum Gasteiger partial charge on any atom is -0.388 e. The quantitative estimate of drug-likeness (QED) is 0.602. The van der Waals surface area contributed by atoms with Crippen LogP contribution in [0.2, 0.25) is 0 Å². The van der Waals surface area contributed by atoms with Crippen molar-refractivity contribution >= 4 is 0 Å². The highest BCUT2D eigenvalue weighted by atomic mass is 16.3. The van der Waals surface area contributed by atoms with Crippen molar-refractivity contribution in [3.8, 4) is 12.3 Å². The summed E-state index contributed by atoms with van der Waals surface area (Å²) in [5.74, 6) is 3.06. The molecule has 0 aromatic rings. The van der Waals surface area contributed by atoms with Crippen LogP contribution in [0.1, 0.15) is 27.2 Å². The van der Waals surface area contributed by atoms with Crippen LogP contribution in [0.5, 0.6) is 0 Å². The van der Waals surface area contributed by atoms with Crippen molar-refractivity contribution in [3.05, 3.63) is 0 Å². The van der Waals surface area contributed by atoms with Crippen molar-refractivity contribution in [2.75, 3.05) is 13.1 Å². The molecule has 0 aliphatic rings. The van der Waals surface area contributed by atoms with E-state index in [1.807, 2.05) is 0 Å². The molecule has 0 saturated carbocycles. The molecule has 0 aliphatic heterocycles. The fourth-order valence-electron chi connectivity index (χ4n) is 0.913. The maximum Gasteiger partial charge on any atom is 0.0852 e. The first-order chi connectivity index (χ1) is 5.48. The van der Waals surface area contributed by atoms with E-state index in [4.69, 9.17) is 6.42 Å². The van der Waals surface area contributed by atoms with Gasteiger partial charge in [-0.2, -0.15) is 0 Å².